The summed E-state index contributed by atoms with van der Waals surface area (Å²) in [6, 6.07) is 0. The maximum atomic E-state index is 10.7. The zero-order chi connectivity index (χ0) is 10.0. The number of carboxylic acid groups (broad SMARTS) is 1. The molecule has 1 heterocycles. The van der Waals surface area contributed by atoms with Crippen molar-refractivity contribution in [3.8, 4) is 0 Å². The average molecular weight is 188 g/mol. The lowest BCUT2D eigenvalue weighted by atomic mass is 10.2. The molecule has 0 bridgehead atoms. The van der Waals surface area contributed by atoms with Crippen molar-refractivity contribution in [1.29, 1.82) is 0 Å². The third kappa shape index (κ3) is 1.71. The maximum absolute atomic E-state index is 10.7. The van der Waals surface area contributed by atoms with Gasteiger partial charge in [-0.15, -0.1) is 0 Å². The molecule has 2 N–H and O–H groups in total. The molecule has 1 rings (SSSR count). The molecular weight excluding hydrogens is 180 g/mol. The second kappa shape index (κ2) is 3.34. The van der Waals surface area contributed by atoms with Crippen molar-refractivity contribution >= 4 is 11.9 Å². The number of cyclic esters (lactones) is 1. The van der Waals surface area contributed by atoms with Gasteiger partial charge in [0.2, 0.25) is 5.76 Å². The number of aliphatic hydroxyl groups is 1. The molecule has 0 aromatic carbocycles. The number of hydrogen-bond donors (Lipinski definition) is 2. The number of esters is 1. The summed E-state index contributed by atoms with van der Waals surface area (Å²) in [7, 11) is 1.22. The van der Waals surface area contributed by atoms with E-state index in [1.807, 2.05) is 0 Å². The van der Waals surface area contributed by atoms with E-state index in [-0.39, 0.29) is 5.76 Å². The number of carboxylic acids is 1. The van der Waals surface area contributed by atoms with Crippen LogP contribution in [0.15, 0.2) is 11.5 Å². The number of carbonyl (C=O) groups excluding carboxylic acids is 1. The molecule has 1 aliphatic heterocycles. The lowest BCUT2D eigenvalue weighted by Gasteiger charge is -2.08. The molecule has 0 saturated heterocycles. The first-order valence-corrected chi connectivity index (χ1v) is 3.46. The molecule has 1 aliphatic rings. The first-order valence-electron chi connectivity index (χ1n) is 3.46. The van der Waals surface area contributed by atoms with Crippen molar-refractivity contribution in [3.63, 3.8) is 0 Å². The highest BCUT2D eigenvalue weighted by atomic mass is 16.6. The Kier molecular flexibility index (Phi) is 2.41. The van der Waals surface area contributed by atoms with E-state index in [9.17, 15) is 9.59 Å². The molecule has 1 atom stereocenters. The minimum absolute atomic E-state index is 0.132. The van der Waals surface area contributed by atoms with Gasteiger partial charge in [-0.1, -0.05) is 0 Å². The van der Waals surface area contributed by atoms with E-state index in [1.54, 1.807) is 0 Å². The van der Waals surface area contributed by atoms with Crippen LogP contribution in [0, 0.1) is 0 Å². The van der Waals surface area contributed by atoms with Gasteiger partial charge < -0.3 is 19.7 Å². The first kappa shape index (κ1) is 9.37. The van der Waals surface area contributed by atoms with E-state index in [0.29, 0.717) is 0 Å². The molecule has 0 fully saturated rings. The van der Waals surface area contributed by atoms with Gasteiger partial charge in [0.25, 0.3) is 0 Å². The summed E-state index contributed by atoms with van der Waals surface area (Å²) in [5.74, 6) is -2.88. The van der Waals surface area contributed by atoms with Crippen LogP contribution in [0.2, 0.25) is 0 Å². The fourth-order valence-electron chi connectivity index (χ4n) is 1.01. The van der Waals surface area contributed by atoms with Gasteiger partial charge in [0, 0.05) is 0 Å². The predicted molar refractivity (Wildman–Crippen MR) is 38.8 cm³/mol. The first-order chi connectivity index (χ1) is 6.06. The Labute approximate surface area is 73.4 Å². The molecular formula is C7H8O6. The van der Waals surface area contributed by atoms with Crippen LogP contribution in [0.25, 0.3) is 0 Å². The number of carbonyl (C=O) groups is 2. The summed E-state index contributed by atoms with van der Waals surface area (Å²) in [4.78, 5) is 21.0. The number of methoxy groups -OCH3 is 1. The number of rotatable bonds is 3. The van der Waals surface area contributed by atoms with Crippen molar-refractivity contribution in [2.45, 2.75) is 12.5 Å². The summed E-state index contributed by atoms with van der Waals surface area (Å²) in [5.41, 5.74) is 0. The van der Waals surface area contributed by atoms with Crippen LogP contribution in [0.3, 0.4) is 0 Å². The SMILES string of the molecule is COC1=C(O)C(=O)OC1CC(=O)O. The molecule has 6 heteroatoms. The molecule has 0 aliphatic carbocycles. The number of aliphatic carboxylic acids is 1. The zero-order valence-electron chi connectivity index (χ0n) is 6.81. The summed E-state index contributed by atoms with van der Waals surface area (Å²) in [5, 5.41) is 17.4. The Morgan fingerprint density at radius 2 is 2.31 bits per heavy atom. The highest BCUT2D eigenvalue weighted by Gasteiger charge is 2.36. The van der Waals surface area contributed by atoms with Gasteiger partial charge in [-0.3, -0.25) is 4.79 Å². The molecule has 0 amide bonds. The van der Waals surface area contributed by atoms with Crippen LogP contribution in [0.5, 0.6) is 0 Å². The molecule has 13 heavy (non-hydrogen) atoms. The number of ether oxygens (including phenoxy) is 2. The molecule has 1 unspecified atom stereocenters. The fraction of sp³-hybridized carbons (Fsp3) is 0.429. The Morgan fingerprint density at radius 3 is 2.77 bits per heavy atom. The average Bonchev–Trinajstić information content (AvgIpc) is 2.27. The highest BCUT2D eigenvalue weighted by Crippen LogP contribution is 2.23. The Balaban J connectivity index is 2.80. The minimum atomic E-state index is -1.14. The van der Waals surface area contributed by atoms with E-state index in [0.717, 1.165) is 0 Å². The van der Waals surface area contributed by atoms with E-state index >= 15 is 0 Å². The minimum Gasteiger partial charge on any atom is -0.499 e. The standard InChI is InChI=1S/C7H8O6/c1-12-6-3(2-4(8)9)13-7(11)5(6)10/h3,10H,2H2,1H3,(H,8,9). The quantitative estimate of drug-likeness (QED) is 0.596. The normalized spacial score (nSPS) is 21.6. The van der Waals surface area contributed by atoms with E-state index in [2.05, 4.69) is 9.47 Å². The summed E-state index contributed by atoms with van der Waals surface area (Å²) >= 11 is 0. The van der Waals surface area contributed by atoms with Crippen LogP contribution in [-0.2, 0) is 19.1 Å². The summed E-state index contributed by atoms with van der Waals surface area (Å²) in [6.45, 7) is 0. The van der Waals surface area contributed by atoms with Crippen molar-refractivity contribution in [2.24, 2.45) is 0 Å². The second-order valence-electron chi connectivity index (χ2n) is 2.41. The van der Waals surface area contributed by atoms with E-state index < -0.39 is 30.2 Å². The van der Waals surface area contributed by atoms with Gasteiger partial charge in [-0.25, -0.2) is 4.79 Å². The third-order valence-electron chi connectivity index (χ3n) is 1.55. The largest absolute Gasteiger partial charge is 0.499 e. The lowest BCUT2D eigenvalue weighted by molar-refractivity contribution is -0.146. The molecule has 72 valence electrons. The summed E-state index contributed by atoms with van der Waals surface area (Å²) < 4.78 is 9.15. The molecule has 0 aromatic rings. The predicted octanol–water partition coefficient (Wildman–Crippen LogP) is -0.197. The van der Waals surface area contributed by atoms with Gasteiger partial charge in [0.05, 0.1) is 13.5 Å². The van der Waals surface area contributed by atoms with Gasteiger partial charge >= 0.3 is 11.9 Å². The molecule has 6 nitrogen and oxygen atoms in total. The van der Waals surface area contributed by atoms with Crippen molar-refractivity contribution < 1.29 is 29.3 Å². The van der Waals surface area contributed by atoms with Crippen molar-refractivity contribution in [1.82, 2.24) is 0 Å². The molecule has 0 spiro atoms. The fourth-order valence-corrected chi connectivity index (χ4v) is 1.01. The smallest absolute Gasteiger partial charge is 0.377 e. The Bertz CT molecular complexity index is 279. The van der Waals surface area contributed by atoms with Crippen LogP contribution < -0.4 is 0 Å². The monoisotopic (exact) mass is 188 g/mol. The lowest BCUT2D eigenvalue weighted by Crippen LogP contribution is -2.17. The second-order valence-corrected chi connectivity index (χ2v) is 2.41. The third-order valence-corrected chi connectivity index (χ3v) is 1.55. The Morgan fingerprint density at radius 1 is 1.69 bits per heavy atom. The zero-order valence-corrected chi connectivity index (χ0v) is 6.81. The summed E-state index contributed by atoms with van der Waals surface area (Å²) in [6.07, 6.45) is -1.44. The van der Waals surface area contributed by atoms with Gasteiger partial charge in [-0.2, -0.15) is 0 Å². The van der Waals surface area contributed by atoms with Crippen LogP contribution in [-0.4, -0.2) is 35.4 Å². The maximum Gasteiger partial charge on any atom is 0.377 e. The molecule has 0 aromatic heterocycles. The van der Waals surface area contributed by atoms with Crippen molar-refractivity contribution in [3.05, 3.63) is 11.5 Å². The number of hydrogen-bond acceptors (Lipinski definition) is 5. The van der Waals surface area contributed by atoms with Gasteiger partial charge in [-0.05, 0) is 0 Å². The highest BCUT2D eigenvalue weighted by molar-refractivity contribution is 5.89. The topological polar surface area (TPSA) is 93.1 Å². The Hall–Kier alpha value is -1.72. The van der Waals surface area contributed by atoms with Gasteiger partial charge in [0.1, 0.15) is 0 Å². The van der Waals surface area contributed by atoms with E-state index in [1.165, 1.54) is 7.11 Å². The van der Waals surface area contributed by atoms with Crippen LogP contribution in [0.1, 0.15) is 6.42 Å². The molecule has 0 radical (unpaired) electrons. The van der Waals surface area contributed by atoms with E-state index in [4.69, 9.17) is 10.2 Å². The molecule has 0 saturated carbocycles. The van der Waals surface area contributed by atoms with Gasteiger partial charge in [0.15, 0.2) is 11.9 Å². The number of aliphatic hydroxyl groups excluding tert-OH is 1. The van der Waals surface area contributed by atoms with Crippen LogP contribution in [0.4, 0.5) is 0 Å². The van der Waals surface area contributed by atoms with Crippen LogP contribution >= 0.6 is 0 Å². The van der Waals surface area contributed by atoms with Crippen molar-refractivity contribution in [2.75, 3.05) is 7.11 Å².